The summed E-state index contributed by atoms with van der Waals surface area (Å²) in [6.45, 7) is 2.51. The quantitative estimate of drug-likeness (QED) is 0.865. The van der Waals surface area contributed by atoms with Gasteiger partial charge in [-0.05, 0) is 24.1 Å². The van der Waals surface area contributed by atoms with Crippen LogP contribution in [-0.2, 0) is 6.54 Å². The molecular weight excluding hydrogens is 228 g/mol. The van der Waals surface area contributed by atoms with Crippen molar-refractivity contribution in [3.05, 3.63) is 59.3 Å². The second-order valence-electron chi connectivity index (χ2n) is 4.03. The summed E-state index contributed by atoms with van der Waals surface area (Å²) in [4.78, 5) is 14.9. The maximum Gasteiger partial charge on any atom is 0.337 e. The zero-order valence-corrected chi connectivity index (χ0v) is 10.1. The Morgan fingerprint density at radius 3 is 2.67 bits per heavy atom. The van der Waals surface area contributed by atoms with Crippen molar-refractivity contribution in [2.45, 2.75) is 13.5 Å². The first-order valence-corrected chi connectivity index (χ1v) is 5.64. The fourth-order valence-corrected chi connectivity index (χ4v) is 1.66. The maximum absolute atomic E-state index is 10.8. The van der Waals surface area contributed by atoms with Crippen molar-refractivity contribution in [1.29, 1.82) is 0 Å². The lowest BCUT2D eigenvalue weighted by Crippen LogP contribution is -2.05. The summed E-state index contributed by atoms with van der Waals surface area (Å²) in [6, 6.07) is 11.6. The normalized spacial score (nSPS) is 10.1. The third-order valence-corrected chi connectivity index (χ3v) is 2.63. The summed E-state index contributed by atoms with van der Waals surface area (Å²) >= 11 is 0. The molecule has 2 rings (SSSR count). The molecule has 0 aliphatic heterocycles. The number of pyridine rings is 1. The molecule has 1 aromatic heterocycles. The molecule has 2 aromatic rings. The van der Waals surface area contributed by atoms with E-state index in [4.69, 9.17) is 5.11 Å². The largest absolute Gasteiger partial charge is 0.478 e. The Hall–Kier alpha value is -2.36. The fraction of sp³-hybridized carbons (Fsp3) is 0.143. The third-order valence-electron chi connectivity index (χ3n) is 2.63. The lowest BCUT2D eigenvalue weighted by molar-refractivity contribution is 0.0696. The maximum atomic E-state index is 10.8. The highest BCUT2D eigenvalue weighted by Crippen LogP contribution is 2.14. The van der Waals surface area contributed by atoms with Crippen LogP contribution in [0.3, 0.4) is 0 Å². The number of anilines is 1. The standard InChI is InChI=1S/C14H14N2O2/c1-10-7-12(14(17)18)9-16-13(10)15-8-11-5-3-2-4-6-11/h2-7,9H,8H2,1H3,(H,15,16)(H,17,18). The Labute approximate surface area is 105 Å². The van der Waals surface area contributed by atoms with E-state index in [1.54, 1.807) is 6.07 Å². The number of carboxylic acid groups (broad SMARTS) is 1. The summed E-state index contributed by atoms with van der Waals surface area (Å²) < 4.78 is 0. The highest BCUT2D eigenvalue weighted by Gasteiger charge is 2.06. The second-order valence-corrected chi connectivity index (χ2v) is 4.03. The fourth-order valence-electron chi connectivity index (χ4n) is 1.66. The molecule has 0 spiro atoms. The molecule has 0 atom stereocenters. The minimum atomic E-state index is -0.958. The van der Waals surface area contributed by atoms with Crippen LogP contribution in [0, 0.1) is 6.92 Å². The van der Waals surface area contributed by atoms with Crippen molar-refractivity contribution >= 4 is 11.8 Å². The Morgan fingerprint density at radius 1 is 1.33 bits per heavy atom. The zero-order valence-electron chi connectivity index (χ0n) is 10.1. The van der Waals surface area contributed by atoms with Gasteiger partial charge in [0.25, 0.3) is 0 Å². The van der Waals surface area contributed by atoms with Gasteiger partial charge in [0, 0.05) is 12.7 Å². The van der Waals surface area contributed by atoms with Crippen molar-refractivity contribution in [3.63, 3.8) is 0 Å². The van der Waals surface area contributed by atoms with Gasteiger partial charge in [0.05, 0.1) is 5.56 Å². The smallest absolute Gasteiger partial charge is 0.337 e. The molecule has 0 fully saturated rings. The summed E-state index contributed by atoms with van der Waals surface area (Å²) in [5.41, 5.74) is 2.18. The minimum Gasteiger partial charge on any atom is -0.478 e. The highest BCUT2D eigenvalue weighted by molar-refractivity contribution is 5.87. The van der Waals surface area contributed by atoms with Crippen LogP contribution < -0.4 is 5.32 Å². The first kappa shape index (κ1) is 12.1. The van der Waals surface area contributed by atoms with Gasteiger partial charge >= 0.3 is 5.97 Å². The number of aryl methyl sites for hydroxylation is 1. The molecule has 0 unspecified atom stereocenters. The number of rotatable bonds is 4. The predicted octanol–water partition coefficient (Wildman–Crippen LogP) is 2.70. The molecule has 92 valence electrons. The number of carbonyl (C=O) groups is 1. The molecule has 1 aromatic carbocycles. The van der Waals surface area contributed by atoms with Crippen LogP contribution in [0.4, 0.5) is 5.82 Å². The van der Waals surface area contributed by atoms with Gasteiger partial charge in [0.2, 0.25) is 0 Å². The number of benzene rings is 1. The topological polar surface area (TPSA) is 62.2 Å². The summed E-state index contributed by atoms with van der Waals surface area (Å²) in [7, 11) is 0. The van der Waals surface area contributed by atoms with Gasteiger partial charge in [-0.15, -0.1) is 0 Å². The molecule has 0 aliphatic carbocycles. The summed E-state index contributed by atoms with van der Waals surface area (Å²) in [5, 5.41) is 12.0. The summed E-state index contributed by atoms with van der Waals surface area (Å²) in [6.07, 6.45) is 1.36. The van der Waals surface area contributed by atoms with Crippen molar-refractivity contribution in [1.82, 2.24) is 4.98 Å². The molecule has 0 saturated carbocycles. The molecule has 4 nitrogen and oxygen atoms in total. The number of hydrogen-bond donors (Lipinski definition) is 2. The van der Waals surface area contributed by atoms with E-state index in [-0.39, 0.29) is 5.56 Å². The molecule has 2 N–H and O–H groups in total. The Kier molecular flexibility index (Phi) is 3.57. The van der Waals surface area contributed by atoms with Gasteiger partial charge in [-0.2, -0.15) is 0 Å². The van der Waals surface area contributed by atoms with Crippen LogP contribution in [0.1, 0.15) is 21.5 Å². The van der Waals surface area contributed by atoms with Crippen molar-refractivity contribution in [3.8, 4) is 0 Å². The minimum absolute atomic E-state index is 0.206. The van der Waals surface area contributed by atoms with E-state index in [0.717, 1.165) is 11.1 Å². The monoisotopic (exact) mass is 242 g/mol. The molecular formula is C14H14N2O2. The van der Waals surface area contributed by atoms with E-state index in [9.17, 15) is 4.79 Å². The van der Waals surface area contributed by atoms with Gasteiger partial charge in [-0.3, -0.25) is 0 Å². The van der Waals surface area contributed by atoms with E-state index < -0.39 is 5.97 Å². The Morgan fingerprint density at radius 2 is 2.06 bits per heavy atom. The molecule has 0 bridgehead atoms. The molecule has 0 radical (unpaired) electrons. The van der Waals surface area contributed by atoms with E-state index in [1.165, 1.54) is 6.20 Å². The molecule has 0 saturated heterocycles. The van der Waals surface area contributed by atoms with Gasteiger partial charge in [0.15, 0.2) is 0 Å². The zero-order chi connectivity index (χ0) is 13.0. The van der Waals surface area contributed by atoms with E-state index in [0.29, 0.717) is 12.4 Å². The van der Waals surface area contributed by atoms with Gasteiger partial charge in [-0.1, -0.05) is 30.3 Å². The average molecular weight is 242 g/mol. The van der Waals surface area contributed by atoms with Crippen LogP contribution in [-0.4, -0.2) is 16.1 Å². The number of hydrogen-bond acceptors (Lipinski definition) is 3. The van der Waals surface area contributed by atoms with Crippen molar-refractivity contribution < 1.29 is 9.90 Å². The van der Waals surface area contributed by atoms with Crippen LogP contribution in [0.2, 0.25) is 0 Å². The lowest BCUT2D eigenvalue weighted by atomic mass is 10.2. The highest BCUT2D eigenvalue weighted by atomic mass is 16.4. The number of aromatic nitrogens is 1. The number of aromatic carboxylic acids is 1. The van der Waals surface area contributed by atoms with Crippen LogP contribution in [0.25, 0.3) is 0 Å². The lowest BCUT2D eigenvalue weighted by Gasteiger charge is -2.09. The second kappa shape index (κ2) is 5.31. The predicted molar refractivity (Wildman–Crippen MR) is 69.7 cm³/mol. The van der Waals surface area contributed by atoms with Crippen LogP contribution in [0.15, 0.2) is 42.6 Å². The average Bonchev–Trinajstić information content (AvgIpc) is 2.38. The van der Waals surface area contributed by atoms with Crippen LogP contribution in [0.5, 0.6) is 0 Å². The van der Waals surface area contributed by atoms with E-state index >= 15 is 0 Å². The SMILES string of the molecule is Cc1cc(C(=O)O)cnc1NCc1ccccc1. The summed E-state index contributed by atoms with van der Waals surface area (Å²) in [5.74, 6) is -0.246. The Bertz CT molecular complexity index is 553. The molecule has 0 amide bonds. The number of carboxylic acids is 1. The van der Waals surface area contributed by atoms with Crippen LogP contribution >= 0.6 is 0 Å². The van der Waals surface area contributed by atoms with Gasteiger partial charge in [-0.25, -0.2) is 9.78 Å². The molecule has 0 aliphatic rings. The van der Waals surface area contributed by atoms with Gasteiger partial charge < -0.3 is 10.4 Å². The third kappa shape index (κ3) is 2.85. The van der Waals surface area contributed by atoms with E-state index in [2.05, 4.69) is 10.3 Å². The van der Waals surface area contributed by atoms with E-state index in [1.807, 2.05) is 37.3 Å². The number of nitrogens with one attached hydrogen (secondary N) is 1. The number of nitrogens with zero attached hydrogens (tertiary/aromatic N) is 1. The molecule has 4 heteroatoms. The van der Waals surface area contributed by atoms with Crippen molar-refractivity contribution in [2.75, 3.05) is 5.32 Å². The Balaban J connectivity index is 2.08. The van der Waals surface area contributed by atoms with Gasteiger partial charge in [0.1, 0.15) is 5.82 Å². The molecule has 1 heterocycles. The first-order chi connectivity index (χ1) is 8.66. The first-order valence-electron chi connectivity index (χ1n) is 5.64. The molecule has 18 heavy (non-hydrogen) atoms. The van der Waals surface area contributed by atoms with Crippen molar-refractivity contribution in [2.24, 2.45) is 0 Å².